The molecule has 0 saturated carbocycles. The summed E-state index contributed by atoms with van der Waals surface area (Å²) in [6, 6.07) is 14.2. The van der Waals surface area contributed by atoms with E-state index in [4.69, 9.17) is 0 Å². The minimum Gasteiger partial charge on any atom is -0.508 e. The second kappa shape index (κ2) is 4.40. The maximum atomic E-state index is 9.49. The van der Waals surface area contributed by atoms with E-state index in [1.807, 2.05) is 19.1 Å². The second-order valence-corrected chi connectivity index (χ2v) is 4.06. The third kappa shape index (κ3) is 2.08. The molecule has 0 aliphatic rings. The molecule has 2 rings (SSSR count). The summed E-state index contributed by atoms with van der Waals surface area (Å²) in [7, 11) is 0. The van der Waals surface area contributed by atoms with Gasteiger partial charge in [-0.15, -0.1) is 0 Å². The predicted molar refractivity (Wildman–Crippen MR) is 67.7 cm³/mol. The van der Waals surface area contributed by atoms with Gasteiger partial charge in [-0.1, -0.05) is 37.3 Å². The highest BCUT2D eigenvalue weighted by Crippen LogP contribution is 2.25. The Hall–Kier alpha value is -1.76. The smallest absolute Gasteiger partial charge is 0.118 e. The van der Waals surface area contributed by atoms with Gasteiger partial charge >= 0.3 is 0 Å². The Morgan fingerprint density at radius 2 is 1.75 bits per heavy atom. The quantitative estimate of drug-likeness (QED) is 0.799. The van der Waals surface area contributed by atoms with Gasteiger partial charge in [-0.25, -0.2) is 0 Å². The van der Waals surface area contributed by atoms with Gasteiger partial charge in [-0.2, -0.15) is 0 Å². The van der Waals surface area contributed by atoms with E-state index in [0.717, 1.165) is 17.5 Å². The first-order valence-corrected chi connectivity index (χ1v) is 5.59. The Bertz CT molecular complexity index is 501. The zero-order valence-corrected chi connectivity index (χ0v) is 9.70. The molecular formula is C15H16O. The first-order valence-electron chi connectivity index (χ1n) is 5.59. The summed E-state index contributed by atoms with van der Waals surface area (Å²) in [5, 5.41) is 9.49. The Kier molecular flexibility index (Phi) is 2.95. The van der Waals surface area contributed by atoms with Crippen molar-refractivity contribution in [3.8, 4) is 16.9 Å². The van der Waals surface area contributed by atoms with Crippen molar-refractivity contribution < 1.29 is 5.11 Å². The molecule has 82 valence electrons. The molecule has 1 N–H and O–H groups in total. The van der Waals surface area contributed by atoms with Crippen LogP contribution in [0.3, 0.4) is 0 Å². The van der Waals surface area contributed by atoms with Crippen LogP contribution in [0.1, 0.15) is 18.1 Å². The van der Waals surface area contributed by atoms with Gasteiger partial charge < -0.3 is 5.11 Å². The van der Waals surface area contributed by atoms with Crippen molar-refractivity contribution in [2.24, 2.45) is 0 Å². The SMILES string of the molecule is CCc1cccc(-c2ccc(O)c(C)c2)c1. The minimum absolute atomic E-state index is 0.357. The lowest BCUT2D eigenvalue weighted by molar-refractivity contribution is 0.471. The van der Waals surface area contributed by atoms with Crippen LogP contribution in [0.25, 0.3) is 11.1 Å². The average Bonchev–Trinajstić information content (AvgIpc) is 2.33. The number of rotatable bonds is 2. The van der Waals surface area contributed by atoms with Crippen LogP contribution in [0.2, 0.25) is 0 Å². The van der Waals surface area contributed by atoms with Gasteiger partial charge in [0.05, 0.1) is 0 Å². The fourth-order valence-electron chi connectivity index (χ4n) is 1.81. The average molecular weight is 212 g/mol. The summed E-state index contributed by atoms with van der Waals surface area (Å²) in [5.74, 6) is 0.357. The lowest BCUT2D eigenvalue weighted by Crippen LogP contribution is -1.84. The first kappa shape index (κ1) is 10.7. The predicted octanol–water partition coefficient (Wildman–Crippen LogP) is 3.93. The fraction of sp³-hybridized carbons (Fsp3) is 0.200. The molecule has 0 unspecified atom stereocenters. The molecule has 0 spiro atoms. The number of aryl methyl sites for hydroxylation is 2. The minimum atomic E-state index is 0.357. The van der Waals surface area contributed by atoms with Crippen LogP contribution in [-0.2, 0) is 6.42 Å². The highest BCUT2D eigenvalue weighted by molar-refractivity contribution is 5.66. The third-order valence-electron chi connectivity index (χ3n) is 2.87. The van der Waals surface area contributed by atoms with Crippen LogP contribution in [0.15, 0.2) is 42.5 Å². The number of phenols is 1. The first-order chi connectivity index (χ1) is 7.70. The zero-order chi connectivity index (χ0) is 11.5. The summed E-state index contributed by atoms with van der Waals surface area (Å²) in [6.45, 7) is 4.07. The molecule has 0 aromatic heterocycles. The zero-order valence-electron chi connectivity index (χ0n) is 9.70. The standard InChI is InChI=1S/C15H16O/c1-3-12-5-4-6-13(10-12)14-7-8-15(16)11(2)9-14/h4-10,16H,3H2,1-2H3. The van der Waals surface area contributed by atoms with Crippen molar-refractivity contribution in [3.05, 3.63) is 53.6 Å². The fourth-order valence-corrected chi connectivity index (χ4v) is 1.81. The third-order valence-corrected chi connectivity index (χ3v) is 2.87. The highest BCUT2D eigenvalue weighted by Gasteiger charge is 2.01. The molecular weight excluding hydrogens is 196 g/mol. The monoisotopic (exact) mass is 212 g/mol. The van der Waals surface area contributed by atoms with E-state index >= 15 is 0 Å². The highest BCUT2D eigenvalue weighted by atomic mass is 16.3. The van der Waals surface area contributed by atoms with E-state index in [1.54, 1.807) is 6.07 Å². The molecule has 0 radical (unpaired) electrons. The van der Waals surface area contributed by atoms with Crippen LogP contribution in [0.5, 0.6) is 5.75 Å². The molecule has 2 aromatic rings. The Morgan fingerprint density at radius 3 is 2.44 bits per heavy atom. The van der Waals surface area contributed by atoms with Crippen LogP contribution in [-0.4, -0.2) is 5.11 Å². The Balaban J connectivity index is 2.46. The maximum absolute atomic E-state index is 9.49. The number of phenolic OH excluding ortho intramolecular Hbond substituents is 1. The number of benzene rings is 2. The Morgan fingerprint density at radius 1 is 1.00 bits per heavy atom. The van der Waals surface area contributed by atoms with Gasteiger partial charge in [0.1, 0.15) is 5.75 Å². The van der Waals surface area contributed by atoms with Gasteiger partial charge in [0, 0.05) is 0 Å². The van der Waals surface area contributed by atoms with Gasteiger partial charge in [0.2, 0.25) is 0 Å². The Labute approximate surface area is 96.4 Å². The summed E-state index contributed by atoms with van der Waals surface area (Å²) >= 11 is 0. The van der Waals surface area contributed by atoms with E-state index in [1.165, 1.54) is 11.1 Å². The van der Waals surface area contributed by atoms with E-state index < -0.39 is 0 Å². The molecule has 0 fully saturated rings. The van der Waals surface area contributed by atoms with Gasteiger partial charge in [-0.05, 0) is 47.7 Å². The van der Waals surface area contributed by atoms with Crippen LogP contribution in [0, 0.1) is 6.92 Å². The molecule has 0 heterocycles. The van der Waals surface area contributed by atoms with E-state index in [-0.39, 0.29) is 0 Å². The van der Waals surface area contributed by atoms with Crippen molar-refractivity contribution >= 4 is 0 Å². The molecule has 0 bridgehead atoms. The second-order valence-electron chi connectivity index (χ2n) is 4.06. The summed E-state index contributed by atoms with van der Waals surface area (Å²) < 4.78 is 0. The van der Waals surface area contributed by atoms with Gasteiger partial charge in [0.15, 0.2) is 0 Å². The number of aromatic hydroxyl groups is 1. The van der Waals surface area contributed by atoms with Crippen LogP contribution < -0.4 is 0 Å². The van der Waals surface area contributed by atoms with Crippen molar-refractivity contribution in [3.63, 3.8) is 0 Å². The van der Waals surface area contributed by atoms with Crippen LogP contribution in [0.4, 0.5) is 0 Å². The van der Waals surface area contributed by atoms with Crippen molar-refractivity contribution in [2.75, 3.05) is 0 Å². The molecule has 2 aromatic carbocycles. The molecule has 0 saturated heterocycles. The van der Waals surface area contributed by atoms with Crippen LogP contribution >= 0.6 is 0 Å². The summed E-state index contributed by atoms with van der Waals surface area (Å²) in [4.78, 5) is 0. The van der Waals surface area contributed by atoms with E-state index in [9.17, 15) is 5.11 Å². The number of hydrogen-bond donors (Lipinski definition) is 1. The normalized spacial score (nSPS) is 10.4. The molecule has 0 aliphatic heterocycles. The number of hydrogen-bond acceptors (Lipinski definition) is 1. The molecule has 0 amide bonds. The van der Waals surface area contributed by atoms with Crippen molar-refractivity contribution in [1.82, 2.24) is 0 Å². The molecule has 16 heavy (non-hydrogen) atoms. The maximum Gasteiger partial charge on any atom is 0.118 e. The topological polar surface area (TPSA) is 20.2 Å². The van der Waals surface area contributed by atoms with E-state index in [2.05, 4.69) is 31.2 Å². The largest absolute Gasteiger partial charge is 0.508 e. The lowest BCUT2D eigenvalue weighted by atomic mass is 10.0. The summed E-state index contributed by atoms with van der Waals surface area (Å²) in [5.41, 5.74) is 4.62. The van der Waals surface area contributed by atoms with E-state index in [0.29, 0.717) is 5.75 Å². The molecule has 0 aliphatic carbocycles. The molecule has 1 nitrogen and oxygen atoms in total. The lowest BCUT2D eigenvalue weighted by Gasteiger charge is -2.06. The van der Waals surface area contributed by atoms with Gasteiger partial charge in [0.25, 0.3) is 0 Å². The van der Waals surface area contributed by atoms with Crippen molar-refractivity contribution in [2.45, 2.75) is 20.3 Å². The van der Waals surface area contributed by atoms with Crippen molar-refractivity contribution in [1.29, 1.82) is 0 Å². The molecule has 0 atom stereocenters. The van der Waals surface area contributed by atoms with Gasteiger partial charge in [-0.3, -0.25) is 0 Å². The summed E-state index contributed by atoms with van der Waals surface area (Å²) in [6.07, 6.45) is 1.05. The molecule has 1 heteroatoms.